The topological polar surface area (TPSA) is 71.5 Å². The Bertz CT molecular complexity index is 515. The number of nitrogens with one attached hydrogen (secondary N) is 1. The number of carbonyl (C=O) groups excluding carboxylic acids is 1. The Hall–Kier alpha value is -0.980. The van der Waals surface area contributed by atoms with Crippen molar-refractivity contribution in [2.45, 2.75) is 52.2 Å². The average molecular weight is 312 g/mol. The predicted molar refractivity (Wildman–Crippen MR) is 82.3 cm³/mol. The first-order valence-corrected chi connectivity index (χ1v) is 8.18. The van der Waals surface area contributed by atoms with Crippen LogP contribution in [0.2, 0.25) is 0 Å². The monoisotopic (exact) mass is 312 g/mol. The van der Waals surface area contributed by atoms with E-state index in [-0.39, 0.29) is 30.4 Å². The van der Waals surface area contributed by atoms with Crippen molar-refractivity contribution in [2.75, 3.05) is 13.2 Å². The summed E-state index contributed by atoms with van der Waals surface area (Å²) in [5, 5.41) is 16.3. The maximum absolute atomic E-state index is 11.9. The van der Waals surface area contributed by atoms with E-state index in [9.17, 15) is 9.90 Å². The highest BCUT2D eigenvalue weighted by atomic mass is 32.1. The summed E-state index contributed by atoms with van der Waals surface area (Å²) >= 11 is 1.53. The van der Waals surface area contributed by atoms with Gasteiger partial charge in [-0.05, 0) is 13.8 Å². The zero-order chi connectivity index (χ0) is 15.7. The molecule has 2 atom stereocenters. The molecule has 1 aromatic heterocycles. The van der Waals surface area contributed by atoms with Crippen LogP contribution in [-0.4, -0.2) is 40.9 Å². The summed E-state index contributed by atoms with van der Waals surface area (Å²) in [4.78, 5) is 16.2. The van der Waals surface area contributed by atoms with E-state index in [4.69, 9.17) is 4.74 Å². The molecule has 21 heavy (non-hydrogen) atoms. The van der Waals surface area contributed by atoms with Gasteiger partial charge >= 0.3 is 0 Å². The van der Waals surface area contributed by atoms with Crippen molar-refractivity contribution < 1.29 is 14.6 Å². The van der Waals surface area contributed by atoms with Crippen LogP contribution in [0.1, 0.15) is 37.9 Å². The molecule has 1 fully saturated rings. The number of aliphatic hydroxyl groups is 1. The van der Waals surface area contributed by atoms with E-state index in [1.165, 1.54) is 11.3 Å². The van der Waals surface area contributed by atoms with Gasteiger partial charge in [0, 0.05) is 30.4 Å². The van der Waals surface area contributed by atoms with Gasteiger partial charge in [0.25, 0.3) is 0 Å². The van der Waals surface area contributed by atoms with E-state index in [1.807, 2.05) is 33.1 Å². The molecule has 0 aromatic carbocycles. The number of nitrogens with zero attached hydrogens (tertiary/aromatic N) is 1. The highest BCUT2D eigenvalue weighted by Crippen LogP contribution is 2.50. The molecule has 5 nitrogen and oxygen atoms in total. The van der Waals surface area contributed by atoms with E-state index >= 15 is 0 Å². The fourth-order valence-corrected chi connectivity index (χ4v) is 3.34. The maximum Gasteiger partial charge on any atom is 0.226 e. The van der Waals surface area contributed by atoms with Crippen LogP contribution in [0, 0.1) is 12.3 Å². The van der Waals surface area contributed by atoms with Gasteiger partial charge in [-0.25, -0.2) is 4.98 Å². The third-order valence-electron chi connectivity index (χ3n) is 4.48. The molecule has 2 N–H and O–H groups in total. The van der Waals surface area contributed by atoms with Crippen LogP contribution in [0.4, 0.5) is 0 Å². The van der Waals surface area contributed by atoms with E-state index in [0.29, 0.717) is 13.0 Å². The summed E-state index contributed by atoms with van der Waals surface area (Å²) in [6.07, 6.45) is 0.866. The van der Waals surface area contributed by atoms with Crippen LogP contribution in [-0.2, 0) is 16.0 Å². The molecule has 0 unspecified atom stereocenters. The van der Waals surface area contributed by atoms with Crippen molar-refractivity contribution in [2.24, 2.45) is 5.41 Å². The molecule has 1 aliphatic carbocycles. The van der Waals surface area contributed by atoms with Crippen LogP contribution in [0.5, 0.6) is 0 Å². The number of carbonyl (C=O) groups is 1. The summed E-state index contributed by atoms with van der Waals surface area (Å²) < 4.78 is 5.61. The van der Waals surface area contributed by atoms with Crippen LogP contribution in [0.25, 0.3) is 0 Å². The summed E-state index contributed by atoms with van der Waals surface area (Å²) in [6, 6.07) is 0. The van der Waals surface area contributed by atoms with Crippen molar-refractivity contribution in [3.8, 4) is 0 Å². The fraction of sp³-hybridized carbons (Fsp3) is 0.733. The second-order valence-electron chi connectivity index (χ2n) is 6.21. The second-order valence-corrected chi connectivity index (χ2v) is 7.27. The number of hydrogen-bond acceptors (Lipinski definition) is 5. The number of aryl methyl sites for hydroxylation is 1. The number of thiazole rings is 1. The lowest BCUT2D eigenvalue weighted by Crippen LogP contribution is -2.68. The molecule has 0 radical (unpaired) electrons. The third kappa shape index (κ3) is 3.27. The first-order valence-electron chi connectivity index (χ1n) is 7.30. The lowest BCUT2D eigenvalue weighted by atomic mass is 9.56. The van der Waals surface area contributed by atoms with Crippen LogP contribution in [0.3, 0.4) is 0 Å². The molecular formula is C15H24N2O3S. The minimum absolute atomic E-state index is 0.0468. The highest BCUT2D eigenvalue weighted by molar-refractivity contribution is 7.09. The van der Waals surface area contributed by atoms with Gasteiger partial charge in [0.05, 0.1) is 28.8 Å². The summed E-state index contributed by atoms with van der Waals surface area (Å²) in [5.74, 6) is -0.107. The number of amides is 1. The number of hydrogen-bond donors (Lipinski definition) is 2. The molecule has 6 heteroatoms. The van der Waals surface area contributed by atoms with Gasteiger partial charge in [0.15, 0.2) is 0 Å². The summed E-state index contributed by atoms with van der Waals surface area (Å²) in [6.45, 7) is 8.72. The van der Waals surface area contributed by atoms with Crippen LogP contribution in [0.15, 0.2) is 5.38 Å². The second kappa shape index (κ2) is 6.02. The third-order valence-corrected chi connectivity index (χ3v) is 5.30. The van der Waals surface area contributed by atoms with E-state index in [0.717, 1.165) is 10.7 Å². The molecule has 2 rings (SSSR count). The Kier molecular flexibility index (Phi) is 4.70. The molecule has 0 bridgehead atoms. The van der Waals surface area contributed by atoms with Crippen molar-refractivity contribution in [1.82, 2.24) is 10.3 Å². The zero-order valence-electron chi connectivity index (χ0n) is 13.1. The molecule has 1 aliphatic rings. The van der Waals surface area contributed by atoms with Gasteiger partial charge in [-0.1, -0.05) is 13.8 Å². The zero-order valence-corrected chi connectivity index (χ0v) is 13.9. The Morgan fingerprint density at radius 3 is 2.86 bits per heavy atom. The minimum atomic E-state index is -0.902. The summed E-state index contributed by atoms with van der Waals surface area (Å²) in [5.41, 5.74) is -0.476. The van der Waals surface area contributed by atoms with Gasteiger partial charge in [-0.2, -0.15) is 0 Å². The van der Waals surface area contributed by atoms with Crippen LogP contribution < -0.4 is 5.32 Å². The van der Waals surface area contributed by atoms with Crippen molar-refractivity contribution in [3.05, 3.63) is 16.1 Å². The quantitative estimate of drug-likeness (QED) is 0.838. The SMILES string of the molecule is CCO[C@@H]1C[C@](O)(CNC(=O)Cc2csc(C)n2)C1(C)C. The largest absolute Gasteiger partial charge is 0.387 e. The van der Waals surface area contributed by atoms with Crippen molar-refractivity contribution >= 4 is 17.2 Å². The molecule has 1 aromatic rings. The highest BCUT2D eigenvalue weighted by Gasteiger charge is 2.59. The van der Waals surface area contributed by atoms with Gasteiger partial charge in [0.2, 0.25) is 5.91 Å². The standard InChI is InChI=1S/C15H24N2O3S/c1-5-20-12-7-15(19,14(12,3)4)9-16-13(18)6-11-8-21-10(2)17-11/h8,12,19H,5-7,9H2,1-4H3,(H,16,18)/t12-,15+/m1/s1. The minimum Gasteiger partial charge on any atom is -0.387 e. The fourth-order valence-electron chi connectivity index (χ4n) is 2.72. The van der Waals surface area contributed by atoms with E-state index < -0.39 is 5.60 Å². The Balaban J connectivity index is 1.84. The molecule has 1 heterocycles. The molecule has 0 saturated heterocycles. The molecule has 1 amide bonds. The molecular weight excluding hydrogens is 288 g/mol. The van der Waals surface area contributed by atoms with Crippen LogP contribution >= 0.6 is 11.3 Å². The lowest BCUT2D eigenvalue weighted by Gasteiger charge is -2.57. The molecule has 0 aliphatic heterocycles. The Labute approximate surface area is 129 Å². The maximum atomic E-state index is 11.9. The number of rotatable bonds is 6. The molecule has 1 saturated carbocycles. The Morgan fingerprint density at radius 1 is 1.62 bits per heavy atom. The summed E-state index contributed by atoms with van der Waals surface area (Å²) in [7, 11) is 0. The molecule has 118 valence electrons. The Morgan fingerprint density at radius 2 is 2.33 bits per heavy atom. The van der Waals surface area contributed by atoms with E-state index in [2.05, 4.69) is 10.3 Å². The van der Waals surface area contributed by atoms with Gasteiger partial charge < -0.3 is 15.2 Å². The number of ether oxygens (including phenoxy) is 1. The average Bonchev–Trinajstić information content (AvgIpc) is 2.81. The molecule has 0 spiro atoms. The van der Waals surface area contributed by atoms with Gasteiger partial charge in [-0.3, -0.25) is 4.79 Å². The predicted octanol–water partition coefficient (Wildman–Crippen LogP) is 1.68. The normalized spacial score (nSPS) is 27.2. The lowest BCUT2D eigenvalue weighted by molar-refractivity contribution is -0.238. The number of aromatic nitrogens is 1. The first kappa shape index (κ1) is 16.4. The van der Waals surface area contributed by atoms with Crippen molar-refractivity contribution in [3.63, 3.8) is 0 Å². The smallest absolute Gasteiger partial charge is 0.226 e. The van der Waals surface area contributed by atoms with Gasteiger partial charge in [-0.15, -0.1) is 11.3 Å². The first-order chi connectivity index (χ1) is 9.78. The van der Waals surface area contributed by atoms with E-state index in [1.54, 1.807) is 0 Å². The van der Waals surface area contributed by atoms with Gasteiger partial charge in [0.1, 0.15) is 0 Å². The van der Waals surface area contributed by atoms with Crippen molar-refractivity contribution in [1.29, 1.82) is 0 Å².